The number of benzene rings is 2. The van der Waals surface area contributed by atoms with Crippen LogP contribution in [-0.4, -0.2) is 15.5 Å². The van der Waals surface area contributed by atoms with Gasteiger partial charge in [0.15, 0.2) is 0 Å². The molecule has 2 aromatic carbocycles. The maximum Gasteiger partial charge on any atom is 0.245 e. The monoisotopic (exact) mass is 407 g/mol. The van der Waals surface area contributed by atoms with Gasteiger partial charge in [0.1, 0.15) is 10.5 Å². The maximum atomic E-state index is 13.3. The van der Waals surface area contributed by atoms with Gasteiger partial charge in [-0.2, -0.15) is 0 Å². The number of nitrogens with zero attached hydrogens (tertiary/aromatic N) is 1. The molecule has 1 spiro atoms. The zero-order valence-electron chi connectivity index (χ0n) is 13.3. The van der Waals surface area contributed by atoms with Crippen LogP contribution in [0.5, 0.6) is 5.75 Å². The number of ether oxygens (including phenoxy) is 1. The fraction of sp³-hybridized carbons (Fsp3) is 0.333. The molecule has 2 aliphatic rings. The van der Waals surface area contributed by atoms with Gasteiger partial charge in [0.25, 0.3) is 0 Å². The highest BCUT2D eigenvalue weighted by Gasteiger charge is 2.59. The molecule has 4 rings (SSSR count). The first kappa shape index (κ1) is 16.0. The van der Waals surface area contributed by atoms with Crippen molar-refractivity contribution in [1.29, 1.82) is 0 Å². The molecule has 0 N–H and O–H groups in total. The summed E-state index contributed by atoms with van der Waals surface area (Å²) >= 11 is 3.48. The van der Waals surface area contributed by atoms with E-state index in [1.165, 1.54) is 0 Å². The van der Waals surface area contributed by atoms with E-state index in [9.17, 15) is 8.42 Å². The molecule has 1 fully saturated rings. The van der Waals surface area contributed by atoms with Crippen molar-refractivity contribution in [2.75, 3.05) is 11.4 Å². The molecule has 1 aliphatic heterocycles. The molecule has 4 nitrogen and oxygen atoms in total. The van der Waals surface area contributed by atoms with Gasteiger partial charge in [-0.05, 0) is 55.2 Å². The van der Waals surface area contributed by atoms with Gasteiger partial charge in [-0.25, -0.2) is 8.42 Å². The van der Waals surface area contributed by atoms with E-state index in [1.54, 1.807) is 11.4 Å². The minimum atomic E-state index is -3.40. The molecular formula is C18H18BrNO3S. The van der Waals surface area contributed by atoms with Crippen molar-refractivity contribution in [3.63, 3.8) is 0 Å². The number of rotatable bonds is 3. The molecule has 6 heteroatoms. The fourth-order valence-corrected chi connectivity index (χ4v) is 6.43. The number of halogens is 1. The lowest BCUT2D eigenvalue weighted by atomic mass is 9.78. The van der Waals surface area contributed by atoms with Crippen LogP contribution in [-0.2, 0) is 21.3 Å². The van der Waals surface area contributed by atoms with Gasteiger partial charge in [0.2, 0.25) is 10.0 Å². The van der Waals surface area contributed by atoms with Crippen LogP contribution in [0, 0.1) is 0 Å². The molecule has 1 saturated carbocycles. The zero-order valence-corrected chi connectivity index (χ0v) is 15.7. The van der Waals surface area contributed by atoms with Crippen molar-refractivity contribution in [3.05, 3.63) is 58.1 Å². The summed E-state index contributed by atoms with van der Waals surface area (Å²) in [6, 6.07) is 13.3. The predicted octanol–water partition coefficient (Wildman–Crippen LogP) is 4.19. The van der Waals surface area contributed by atoms with E-state index in [1.807, 2.05) is 42.5 Å². The summed E-state index contributed by atoms with van der Waals surface area (Å²) in [5.41, 5.74) is 2.70. The summed E-state index contributed by atoms with van der Waals surface area (Å²) < 4.78 is 33.5. The van der Waals surface area contributed by atoms with E-state index in [0.717, 1.165) is 33.5 Å². The number of hydrogen-bond acceptors (Lipinski definition) is 3. The quantitative estimate of drug-likeness (QED) is 0.766. The lowest BCUT2D eigenvalue weighted by Crippen LogP contribution is -2.44. The first-order valence-corrected chi connectivity index (χ1v) is 10.2. The molecule has 1 aliphatic carbocycles. The van der Waals surface area contributed by atoms with Gasteiger partial charge in [-0.15, -0.1) is 0 Å². The van der Waals surface area contributed by atoms with E-state index in [2.05, 4.69) is 15.9 Å². The molecule has 2 aromatic rings. The zero-order chi connectivity index (χ0) is 16.9. The summed E-state index contributed by atoms with van der Waals surface area (Å²) in [6.07, 6.45) is 2.37. The molecule has 0 atom stereocenters. The number of hydrogen-bond donors (Lipinski definition) is 0. The molecule has 0 unspecified atom stereocenters. The van der Waals surface area contributed by atoms with Crippen LogP contribution in [0.4, 0.5) is 5.69 Å². The molecule has 126 valence electrons. The van der Waals surface area contributed by atoms with Crippen molar-refractivity contribution in [1.82, 2.24) is 0 Å². The van der Waals surface area contributed by atoms with Gasteiger partial charge < -0.3 is 4.74 Å². The highest BCUT2D eigenvalue weighted by Crippen LogP contribution is 2.58. The Hall–Kier alpha value is -1.53. The lowest BCUT2D eigenvalue weighted by molar-refractivity contribution is 0.351. The Kier molecular flexibility index (Phi) is 3.65. The van der Waals surface area contributed by atoms with Gasteiger partial charge in [-0.3, -0.25) is 4.31 Å². The molecule has 0 aromatic heterocycles. The van der Waals surface area contributed by atoms with E-state index in [4.69, 9.17) is 4.74 Å². The average Bonchev–Trinajstić information content (AvgIpc) is 2.71. The lowest BCUT2D eigenvalue weighted by Gasteiger charge is -2.37. The largest absolute Gasteiger partial charge is 0.497 e. The highest BCUT2D eigenvalue weighted by atomic mass is 79.9. The number of fused-ring (bicyclic) bond motifs is 2. The molecular weight excluding hydrogens is 390 g/mol. The third kappa shape index (κ3) is 2.12. The smallest absolute Gasteiger partial charge is 0.245 e. The first-order chi connectivity index (χ1) is 11.5. The van der Waals surface area contributed by atoms with Crippen molar-refractivity contribution in [2.45, 2.75) is 30.6 Å². The van der Waals surface area contributed by atoms with Crippen molar-refractivity contribution >= 4 is 31.6 Å². The topological polar surface area (TPSA) is 46.6 Å². The predicted molar refractivity (Wildman–Crippen MR) is 97.8 cm³/mol. The minimum absolute atomic E-state index is 0.350. The Bertz CT molecular complexity index is 889. The first-order valence-electron chi connectivity index (χ1n) is 7.93. The van der Waals surface area contributed by atoms with E-state index >= 15 is 0 Å². The average molecular weight is 408 g/mol. The molecule has 0 radical (unpaired) electrons. The third-order valence-electron chi connectivity index (χ3n) is 5.15. The van der Waals surface area contributed by atoms with Crippen molar-refractivity contribution in [2.24, 2.45) is 0 Å². The minimum Gasteiger partial charge on any atom is -0.497 e. The number of sulfonamides is 1. The Balaban J connectivity index is 1.77. The molecule has 1 heterocycles. The van der Waals surface area contributed by atoms with Crippen LogP contribution in [0.2, 0.25) is 0 Å². The van der Waals surface area contributed by atoms with Gasteiger partial charge in [0.05, 0.1) is 19.3 Å². The summed E-state index contributed by atoms with van der Waals surface area (Å²) in [5.74, 6) is 0.767. The van der Waals surface area contributed by atoms with Crippen molar-refractivity contribution in [3.8, 4) is 5.75 Å². The number of anilines is 1. The Labute approximate surface area is 150 Å². The number of methoxy groups -OCH3 is 1. The van der Waals surface area contributed by atoms with E-state index < -0.39 is 14.8 Å². The Morgan fingerprint density at radius 3 is 2.46 bits per heavy atom. The Morgan fingerprint density at radius 1 is 1.17 bits per heavy atom. The van der Waals surface area contributed by atoms with Crippen LogP contribution in [0.25, 0.3) is 0 Å². The summed E-state index contributed by atoms with van der Waals surface area (Å²) in [6.45, 7) is 0.350. The molecule has 24 heavy (non-hydrogen) atoms. The summed E-state index contributed by atoms with van der Waals surface area (Å²) in [5, 5.41) is 0. The molecule has 0 bridgehead atoms. The van der Waals surface area contributed by atoms with E-state index in [-0.39, 0.29) is 0 Å². The second-order valence-electron chi connectivity index (χ2n) is 6.37. The molecule has 0 saturated heterocycles. The fourth-order valence-electron chi connectivity index (χ4n) is 3.66. The van der Waals surface area contributed by atoms with Gasteiger partial charge >= 0.3 is 0 Å². The molecule has 0 amide bonds. The van der Waals surface area contributed by atoms with Gasteiger partial charge in [-0.1, -0.05) is 28.1 Å². The SMILES string of the molecule is COc1ccc(CN2c3ccc(Br)cc3C3(CCC3)S2(=O)=O)cc1. The highest BCUT2D eigenvalue weighted by molar-refractivity contribution is 9.10. The van der Waals surface area contributed by atoms with Crippen molar-refractivity contribution < 1.29 is 13.2 Å². The maximum absolute atomic E-state index is 13.3. The normalized spacial score (nSPS) is 19.8. The van der Waals surface area contributed by atoms with E-state index in [0.29, 0.717) is 19.4 Å². The van der Waals surface area contributed by atoms with Crippen LogP contribution in [0.3, 0.4) is 0 Å². The second kappa shape index (κ2) is 5.49. The third-order valence-corrected chi connectivity index (χ3v) is 8.16. The van der Waals surface area contributed by atoms with Crippen LogP contribution in [0.1, 0.15) is 30.4 Å². The standard InChI is InChI=1S/C18H18BrNO3S/c1-23-15-6-3-13(4-7-15)12-20-17-8-5-14(19)11-16(17)18(9-2-10-18)24(20,21)22/h3-8,11H,2,9-10,12H2,1H3. The summed E-state index contributed by atoms with van der Waals surface area (Å²) in [7, 11) is -1.78. The van der Waals surface area contributed by atoms with Crippen LogP contribution in [0.15, 0.2) is 46.9 Å². The van der Waals surface area contributed by atoms with Gasteiger partial charge in [0, 0.05) is 10.0 Å². The Morgan fingerprint density at radius 2 is 1.88 bits per heavy atom. The van der Waals surface area contributed by atoms with Crippen LogP contribution >= 0.6 is 15.9 Å². The summed E-state index contributed by atoms with van der Waals surface area (Å²) in [4.78, 5) is 0. The van der Waals surface area contributed by atoms with Crippen LogP contribution < -0.4 is 9.04 Å². The second-order valence-corrected chi connectivity index (χ2v) is 9.46.